The highest BCUT2D eigenvalue weighted by Crippen LogP contribution is 2.31. The second kappa shape index (κ2) is 6.53. The van der Waals surface area contributed by atoms with Gasteiger partial charge in [-0.3, -0.25) is 10.1 Å². The predicted octanol–water partition coefficient (Wildman–Crippen LogP) is 1.36. The highest BCUT2D eigenvalue weighted by Gasteiger charge is 2.21. The van der Waals surface area contributed by atoms with Gasteiger partial charge in [0.25, 0.3) is 5.69 Å². The first kappa shape index (κ1) is 14.5. The van der Waals surface area contributed by atoms with Gasteiger partial charge in [-0.25, -0.2) is 4.98 Å². The number of ether oxygens (including phenoxy) is 1. The molecule has 0 radical (unpaired) electrons. The van der Waals surface area contributed by atoms with Crippen LogP contribution in [0, 0.1) is 10.1 Å². The molecule has 2 heterocycles. The van der Waals surface area contributed by atoms with E-state index in [0.29, 0.717) is 23.5 Å². The Hall–Kier alpha value is -1.87. The van der Waals surface area contributed by atoms with Crippen molar-refractivity contribution in [3.8, 4) is 0 Å². The third kappa shape index (κ3) is 3.36. The number of rotatable bonds is 4. The molecule has 9 heteroatoms. The van der Waals surface area contributed by atoms with Crippen LogP contribution in [0.1, 0.15) is 18.4 Å². The van der Waals surface area contributed by atoms with Crippen LogP contribution in [-0.4, -0.2) is 39.4 Å². The lowest BCUT2D eigenvalue weighted by atomic mass is 10.2. The Kier molecular flexibility index (Phi) is 4.74. The van der Waals surface area contributed by atoms with Crippen LogP contribution in [0.4, 0.5) is 5.69 Å². The molecule has 0 unspecified atom stereocenters. The molecule has 108 valence electrons. The zero-order valence-corrected chi connectivity index (χ0v) is 11.4. The maximum Gasteiger partial charge on any atom is 0.288 e. The Morgan fingerprint density at radius 2 is 2.30 bits per heavy atom. The largest absolute Gasteiger partial charge is 0.409 e. The Morgan fingerprint density at radius 3 is 2.90 bits per heavy atom. The van der Waals surface area contributed by atoms with Gasteiger partial charge < -0.3 is 15.7 Å². The maximum atomic E-state index is 10.8. The molecule has 8 nitrogen and oxygen atoms in total. The molecule has 1 aromatic heterocycles. The molecule has 0 atom stereocenters. The van der Waals surface area contributed by atoms with Gasteiger partial charge in [-0.05, 0) is 12.8 Å². The Balaban J connectivity index is 2.28. The monoisotopic (exact) mass is 298 g/mol. The molecular formula is C11H14N4O4S. The van der Waals surface area contributed by atoms with Crippen molar-refractivity contribution in [1.82, 2.24) is 4.98 Å². The number of hydrogen-bond acceptors (Lipinski definition) is 7. The molecule has 0 bridgehead atoms. The molecule has 1 aliphatic heterocycles. The maximum absolute atomic E-state index is 10.8. The number of thioether (sulfide) groups is 1. The second-order valence-electron chi connectivity index (χ2n) is 4.22. The third-order valence-electron chi connectivity index (χ3n) is 2.88. The van der Waals surface area contributed by atoms with Crippen molar-refractivity contribution in [2.24, 2.45) is 10.9 Å². The zero-order chi connectivity index (χ0) is 14.5. The average Bonchev–Trinajstić information content (AvgIpc) is 2.47. The van der Waals surface area contributed by atoms with E-state index in [1.807, 2.05) is 0 Å². The topological polar surface area (TPSA) is 124 Å². The normalized spacial score (nSPS) is 17.1. The van der Waals surface area contributed by atoms with Crippen LogP contribution < -0.4 is 5.73 Å². The molecule has 20 heavy (non-hydrogen) atoms. The minimum absolute atomic E-state index is 0.184. The van der Waals surface area contributed by atoms with E-state index in [0.717, 1.165) is 12.8 Å². The SMILES string of the molecule is NC(=NO)c1cc([N+](=O)[O-])cnc1SC1CCOCC1. The fourth-order valence-corrected chi connectivity index (χ4v) is 2.97. The molecule has 2 rings (SSSR count). The van der Waals surface area contributed by atoms with Gasteiger partial charge in [0.2, 0.25) is 0 Å². The van der Waals surface area contributed by atoms with Gasteiger partial charge in [-0.1, -0.05) is 5.16 Å². The number of pyridine rings is 1. The van der Waals surface area contributed by atoms with Crippen LogP contribution in [0.5, 0.6) is 0 Å². The molecule has 0 amide bonds. The summed E-state index contributed by atoms with van der Waals surface area (Å²) in [5.74, 6) is -0.184. The number of amidine groups is 1. The molecule has 1 fully saturated rings. The lowest BCUT2D eigenvalue weighted by Gasteiger charge is -2.21. The van der Waals surface area contributed by atoms with E-state index in [2.05, 4.69) is 10.1 Å². The second-order valence-corrected chi connectivity index (χ2v) is 5.51. The molecule has 1 aromatic rings. The van der Waals surface area contributed by atoms with Crippen LogP contribution in [0.2, 0.25) is 0 Å². The number of nitrogens with zero attached hydrogens (tertiary/aromatic N) is 3. The Morgan fingerprint density at radius 1 is 1.60 bits per heavy atom. The van der Waals surface area contributed by atoms with Gasteiger partial charge >= 0.3 is 0 Å². The summed E-state index contributed by atoms with van der Waals surface area (Å²) >= 11 is 1.47. The summed E-state index contributed by atoms with van der Waals surface area (Å²) in [5, 5.41) is 23.3. The van der Waals surface area contributed by atoms with Crippen molar-refractivity contribution in [2.75, 3.05) is 13.2 Å². The highest BCUT2D eigenvalue weighted by molar-refractivity contribution is 7.99. The zero-order valence-electron chi connectivity index (χ0n) is 10.6. The standard InChI is InChI=1S/C11H14N4O4S/c12-10(14-16)9-5-7(15(17)18)6-13-11(9)20-8-1-3-19-4-2-8/h5-6,8,16H,1-4H2,(H2,12,14). The van der Waals surface area contributed by atoms with E-state index < -0.39 is 4.92 Å². The molecule has 0 aliphatic carbocycles. The van der Waals surface area contributed by atoms with Crippen LogP contribution in [0.3, 0.4) is 0 Å². The Bertz CT molecular complexity index is 531. The lowest BCUT2D eigenvalue weighted by Crippen LogP contribution is -2.20. The van der Waals surface area contributed by atoms with Crippen molar-refractivity contribution in [2.45, 2.75) is 23.1 Å². The summed E-state index contributed by atoms with van der Waals surface area (Å²) in [6.45, 7) is 1.37. The third-order valence-corrected chi connectivity index (χ3v) is 4.23. The minimum atomic E-state index is -0.565. The smallest absolute Gasteiger partial charge is 0.288 e. The Labute approximate surface area is 119 Å². The van der Waals surface area contributed by atoms with E-state index in [1.165, 1.54) is 24.0 Å². The fourth-order valence-electron chi connectivity index (χ4n) is 1.82. The number of oxime groups is 1. The van der Waals surface area contributed by atoms with E-state index in [9.17, 15) is 10.1 Å². The summed E-state index contributed by atoms with van der Waals surface area (Å²) in [4.78, 5) is 14.3. The first-order valence-electron chi connectivity index (χ1n) is 5.98. The van der Waals surface area contributed by atoms with Gasteiger partial charge in [0, 0.05) is 24.5 Å². The number of nitrogens with two attached hydrogens (primary N) is 1. The van der Waals surface area contributed by atoms with Crippen LogP contribution in [-0.2, 0) is 4.74 Å². The summed E-state index contributed by atoms with van der Waals surface area (Å²) in [6.07, 6.45) is 2.92. The summed E-state index contributed by atoms with van der Waals surface area (Å²) in [7, 11) is 0. The average molecular weight is 298 g/mol. The van der Waals surface area contributed by atoms with Gasteiger partial charge in [-0.15, -0.1) is 11.8 Å². The van der Waals surface area contributed by atoms with Crippen LogP contribution >= 0.6 is 11.8 Å². The van der Waals surface area contributed by atoms with Gasteiger partial charge in [-0.2, -0.15) is 0 Å². The number of hydrogen-bond donors (Lipinski definition) is 2. The summed E-state index contributed by atoms with van der Waals surface area (Å²) in [5.41, 5.74) is 5.65. The predicted molar refractivity (Wildman–Crippen MR) is 73.1 cm³/mol. The van der Waals surface area contributed by atoms with E-state index in [4.69, 9.17) is 15.7 Å². The van der Waals surface area contributed by atoms with Crippen molar-refractivity contribution in [3.63, 3.8) is 0 Å². The number of nitro groups is 1. The first-order chi connectivity index (χ1) is 9.61. The highest BCUT2D eigenvalue weighted by atomic mass is 32.2. The van der Waals surface area contributed by atoms with E-state index >= 15 is 0 Å². The lowest BCUT2D eigenvalue weighted by molar-refractivity contribution is -0.385. The first-order valence-corrected chi connectivity index (χ1v) is 6.86. The van der Waals surface area contributed by atoms with E-state index in [-0.39, 0.29) is 17.1 Å². The van der Waals surface area contributed by atoms with Gasteiger partial charge in [0.15, 0.2) is 5.84 Å². The molecule has 0 spiro atoms. The molecule has 1 aliphatic rings. The van der Waals surface area contributed by atoms with Crippen molar-refractivity contribution in [3.05, 3.63) is 27.9 Å². The van der Waals surface area contributed by atoms with E-state index in [1.54, 1.807) is 0 Å². The van der Waals surface area contributed by atoms with Gasteiger partial charge in [0.1, 0.15) is 11.2 Å². The summed E-state index contributed by atoms with van der Waals surface area (Å²) < 4.78 is 5.28. The van der Waals surface area contributed by atoms with Crippen LogP contribution in [0.25, 0.3) is 0 Å². The number of aromatic nitrogens is 1. The molecular weight excluding hydrogens is 284 g/mol. The fraction of sp³-hybridized carbons (Fsp3) is 0.455. The van der Waals surface area contributed by atoms with Crippen molar-refractivity contribution < 1.29 is 14.9 Å². The van der Waals surface area contributed by atoms with Crippen LogP contribution in [0.15, 0.2) is 22.4 Å². The van der Waals surface area contributed by atoms with Gasteiger partial charge in [0.05, 0.1) is 10.5 Å². The quantitative estimate of drug-likeness (QED) is 0.283. The molecule has 0 aromatic carbocycles. The molecule has 3 N–H and O–H groups in total. The molecule has 1 saturated heterocycles. The van der Waals surface area contributed by atoms with Crippen molar-refractivity contribution >= 4 is 23.3 Å². The van der Waals surface area contributed by atoms with Crippen molar-refractivity contribution in [1.29, 1.82) is 0 Å². The summed E-state index contributed by atoms with van der Waals surface area (Å²) in [6, 6.07) is 1.27. The molecule has 0 saturated carbocycles. The minimum Gasteiger partial charge on any atom is -0.409 e.